The molecule has 0 atom stereocenters. The third-order valence-corrected chi connectivity index (χ3v) is 3.73. The zero-order valence-corrected chi connectivity index (χ0v) is 14.4. The highest BCUT2D eigenvalue weighted by Gasteiger charge is 2.16. The van der Waals surface area contributed by atoms with Crippen LogP contribution in [-0.4, -0.2) is 26.5 Å². The Morgan fingerprint density at radius 1 is 1.14 bits per heavy atom. The smallest absolute Gasteiger partial charge is 0.200 e. The lowest BCUT2D eigenvalue weighted by molar-refractivity contribution is 0.805. The van der Waals surface area contributed by atoms with Crippen molar-refractivity contribution in [3.63, 3.8) is 0 Å². The first kappa shape index (κ1) is 15.8. The summed E-state index contributed by atoms with van der Waals surface area (Å²) in [7, 11) is 0. The number of anilines is 1. The number of aryl methyl sites for hydroxylation is 1. The summed E-state index contributed by atoms with van der Waals surface area (Å²) in [4.78, 5) is 17.8. The molecule has 0 aliphatic rings. The van der Waals surface area contributed by atoms with E-state index in [1.807, 2.05) is 6.92 Å². The third-order valence-electron chi connectivity index (χ3n) is 2.95. The quantitative estimate of drug-likeness (QED) is 0.885. The van der Waals surface area contributed by atoms with Crippen molar-refractivity contribution in [3.8, 4) is 11.6 Å². The van der Waals surface area contributed by atoms with Crippen LogP contribution in [0.25, 0.3) is 11.6 Å². The van der Waals surface area contributed by atoms with Crippen LogP contribution in [-0.2, 0) is 0 Å². The molecule has 0 radical (unpaired) electrons. The molecule has 2 rings (SSSR count). The molecule has 0 saturated carbocycles. The van der Waals surface area contributed by atoms with Crippen LogP contribution in [0.1, 0.15) is 44.4 Å². The molecular formula is C15H20BrN5. The van der Waals surface area contributed by atoms with Crippen LogP contribution in [0, 0.1) is 6.92 Å². The molecule has 2 heterocycles. The molecule has 0 amide bonds. The number of hydrogen-bond acceptors (Lipinski definition) is 5. The summed E-state index contributed by atoms with van der Waals surface area (Å²) >= 11 is 3.60. The van der Waals surface area contributed by atoms with E-state index in [0.29, 0.717) is 11.6 Å². The minimum absolute atomic E-state index is 0.286. The largest absolute Gasteiger partial charge is 0.369 e. The maximum atomic E-state index is 4.62. The summed E-state index contributed by atoms with van der Waals surface area (Å²) in [6.45, 7) is 9.16. The van der Waals surface area contributed by atoms with Gasteiger partial charge in [0.15, 0.2) is 11.6 Å². The van der Waals surface area contributed by atoms with Crippen molar-refractivity contribution in [2.45, 2.75) is 40.0 Å². The van der Waals surface area contributed by atoms with Gasteiger partial charge >= 0.3 is 0 Å². The van der Waals surface area contributed by atoms with Crippen molar-refractivity contribution < 1.29 is 0 Å². The van der Waals surface area contributed by atoms with Gasteiger partial charge in [-0.2, -0.15) is 0 Å². The summed E-state index contributed by atoms with van der Waals surface area (Å²) in [6.07, 6.45) is 4.59. The molecule has 112 valence electrons. The van der Waals surface area contributed by atoms with Gasteiger partial charge in [0.2, 0.25) is 0 Å². The van der Waals surface area contributed by atoms with E-state index < -0.39 is 0 Å². The molecule has 0 aliphatic carbocycles. The van der Waals surface area contributed by atoms with Crippen molar-refractivity contribution in [3.05, 3.63) is 28.1 Å². The molecule has 5 nitrogen and oxygen atoms in total. The molecule has 2 aromatic rings. The highest BCUT2D eigenvalue weighted by atomic mass is 79.9. The number of rotatable bonds is 5. The second-order valence-corrected chi connectivity index (χ2v) is 6.05. The average molecular weight is 350 g/mol. The molecule has 1 N–H and O–H groups in total. The van der Waals surface area contributed by atoms with Crippen LogP contribution >= 0.6 is 15.9 Å². The van der Waals surface area contributed by atoms with Crippen molar-refractivity contribution in [1.82, 2.24) is 19.9 Å². The Kier molecular flexibility index (Phi) is 5.22. The Morgan fingerprint density at radius 3 is 2.38 bits per heavy atom. The normalized spacial score (nSPS) is 11.0. The molecule has 6 heteroatoms. The van der Waals surface area contributed by atoms with E-state index in [9.17, 15) is 0 Å². The highest BCUT2D eigenvalue weighted by Crippen LogP contribution is 2.30. The fourth-order valence-corrected chi connectivity index (χ4v) is 2.59. The lowest BCUT2D eigenvalue weighted by Gasteiger charge is -2.14. The Hall–Kier alpha value is -1.56. The van der Waals surface area contributed by atoms with Gasteiger partial charge in [0.1, 0.15) is 5.82 Å². The Labute approximate surface area is 133 Å². The average Bonchev–Trinajstić information content (AvgIpc) is 2.47. The minimum atomic E-state index is 0.286. The minimum Gasteiger partial charge on any atom is -0.369 e. The van der Waals surface area contributed by atoms with Gasteiger partial charge in [-0.25, -0.2) is 19.9 Å². The summed E-state index contributed by atoms with van der Waals surface area (Å²) in [6, 6.07) is 0. The molecule has 2 aromatic heterocycles. The van der Waals surface area contributed by atoms with E-state index in [0.717, 1.165) is 34.5 Å². The Bertz CT molecular complexity index is 610. The molecule has 0 spiro atoms. The topological polar surface area (TPSA) is 63.6 Å². The SMILES string of the molecule is CCCNc1nc(-c2ncc(C)cn2)nc(C(C)C)c1Br. The van der Waals surface area contributed by atoms with Gasteiger partial charge in [0, 0.05) is 18.9 Å². The van der Waals surface area contributed by atoms with E-state index in [-0.39, 0.29) is 5.92 Å². The maximum absolute atomic E-state index is 4.62. The van der Waals surface area contributed by atoms with Crippen molar-refractivity contribution in [2.75, 3.05) is 11.9 Å². The van der Waals surface area contributed by atoms with Gasteiger partial charge in [0.05, 0.1) is 10.2 Å². The van der Waals surface area contributed by atoms with Gasteiger partial charge in [-0.05, 0) is 40.8 Å². The molecular weight excluding hydrogens is 330 g/mol. The van der Waals surface area contributed by atoms with E-state index >= 15 is 0 Å². The van der Waals surface area contributed by atoms with Crippen LogP contribution in [0.2, 0.25) is 0 Å². The van der Waals surface area contributed by atoms with Crippen LogP contribution in [0.3, 0.4) is 0 Å². The van der Waals surface area contributed by atoms with Crippen LogP contribution in [0.5, 0.6) is 0 Å². The van der Waals surface area contributed by atoms with Gasteiger partial charge in [-0.3, -0.25) is 0 Å². The standard InChI is InChI=1S/C15H20BrN5/c1-5-6-17-13-11(16)12(9(2)3)20-15(21-13)14-18-7-10(4)8-19-14/h7-9H,5-6H2,1-4H3,(H,17,20,21). The number of nitrogens with one attached hydrogen (secondary N) is 1. The van der Waals surface area contributed by atoms with E-state index in [1.54, 1.807) is 12.4 Å². The zero-order valence-electron chi connectivity index (χ0n) is 12.8. The number of nitrogens with zero attached hydrogens (tertiary/aromatic N) is 4. The van der Waals surface area contributed by atoms with Crippen LogP contribution in [0.15, 0.2) is 16.9 Å². The molecule has 0 saturated heterocycles. The molecule has 0 bridgehead atoms. The number of hydrogen-bond donors (Lipinski definition) is 1. The van der Waals surface area contributed by atoms with E-state index in [2.05, 4.69) is 62.0 Å². The first-order valence-corrected chi connectivity index (χ1v) is 7.92. The first-order valence-electron chi connectivity index (χ1n) is 7.13. The van der Waals surface area contributed by atoms with Gasteiger partial charge in [0.25, 0.3) is 0 Å². The maximum Gasteiger partial charge on any atom is 0.200 e. The Balaban J connectivity index is 2.50. The first-order chi connectivity index (χ1) is 10.0. The monoisotopic (exact) mass is 349 g/mol. The van der Waals surface area contributed by atoms with Crippen LogP contribution in [0.4, 0.5) is 5.82 Å². The predicted molar refractivity (Wildman–Crippen MR) is 88.4 cm³/mol. The lowest BCUT2D eigenvalue weighted by atomic mass is 10.1. The van der Waals surface area contributed by atoms with E-state index in [4.69, 9.17) is 0 Å². The van der Waals surface area contributed by atoms with Crippen molar-refractivity contribution in [1.29, 1.82) is 0 Å². The second kappa shape index (κ2) is 6.93. The number of halogens is 1. The molecule has 21 heavy (non-hydrogen) atoms. The van der Waals surface area contributed by atoms with Gasteiger partial charge < -0.3 is 5.32 Å². The highest BCUT2D eigenvalue weighted by molar-refractivity contribution is 9.10. The molecule has 0 fully saturated rings. The summed E-state index contributed by atoms with van der Waals surface area (Å²) < 4.78 is 0.918. The molecule has 0 aliphatic heterocycles. The summed E-state index contributed by atoms with van der Waals surface area (Å²) in [5, 5.41) is 3.33. The molecule has 0 aromatic carbocycles. The Morgan fingerprint density at radius 2 is 1.81 bits per heavy atom. The zero-order chi connectivity index (χ0) is 15.4. The fraction of sp³-hybridized carbons (Fsp3) is 0.467. The lowest BCUT2D eigenvalue weighted by Crippen LogP contribution is -2.09. The predicted octanol–water partition coefficient (Wildman–Crippen LogP) is 3.95. The van der Waals surface area contributed by atoms with Crippen molar-refractivity contribution in [2.24, 2.45) is 0 Å². The second-order valence-electron chi connectivity index (χ2n) is 5.26. The number of aromatic nitrogens is 4. The fourth-order valence-electron chi connectivity index (χ4n) is 1.82. The van der Waals surface area contributed by atoms with Gasteiger partial charge in [-0.15, -0.1) is 0 Å². The van der Waals surface area contributed by atoms with Crippen LogP contribution < -0.4 is 5.32 Å². The van der Waals surface area contributed by atoms with Crippen molar-refractivity contribution >= 4 is 21.7 Å². The molecule has 0 unspecified atom stereocenters. The van der Waals surface area contributed by atoms with Gasteiger partial charge in [-0.1, -0.05) is 20.8 Å². The third kappa shape index (κ3) is 3.75. The summed E-state index contributed by atoms with van der Waals surface area (Å²) in [5.74, 6) is 2.19. The van der Waals surface area contributed by atoms with E-state index in [1.165, 1.54) is 0 Å². The summed E-state index contributed by atoms with van der Waals surface area (Å²) in [5.41, 5.74) is 1.98.